The van der Waals surface area contributed by atoms with E-state index in [4.69, 9.17) is 4.74 Å². The van der Waals surface area contributed by atoms with E-state index >= 15 is 0 Å². The van der Waals surface area contributed by atoms with Crippen molar-refractivity contribution in [2.24, 2.45) is 0 Å². The minimum Gasteiger partial charge on any atom is -0.497 e. The summed E-state index contributed by atoms with van der Waals surface area (Å²) in [4.78, 5) is 17.1. The standard InChI is InChI=1S/C15H16N2O3/c1-17(10-11-4-3-5-12(8-11)20-2)14-9-16-7-6-13(14)15(18)19/h3-9H,10H2,1-2H3,(H,18,19). The van der Waals surface area contributed by atoms with Crippen LogP contribution in [0.2, 0.25) is 0 Å². The van der Waals surface area contributed by atoms with Gasteiger partial charge in [-0.25, -0.2) is 4.79 Å². The van der Waals surface area contributed by atoms with Crippen molar-refractivity contribution >= 4 is 11.7 Å². The van der Waals surface area contributed by atoms with E-state index in [0.29, 0.717) is 12.2 Å². The molecule has 0 aliphatic carbocycles. The second-order valence-corrected chi connectivity index (χ2v) is 4.41. The molecule has 0 fully saturated rings. The molecule has 20 heavy (non-hydrogen) atoms. The lowest BCUT2D eigenvalue weighted by Crippen LogP contribution is -2.19. The van der Waals surface area contributed by atoms with Gasteiger partial charge in [-0.1, -0.05) is 12.1 Å². The van der Waals surface area contributed by atoms with Crippen LogP contribution in [0.25, 0.3) is 0 Å². The molecule has 0 atom stereocenters. The highest BCUT2D eigenvalue weighted by atomic mass is 16.5. The number of methoxy groups -OCH3 is 1. The normalized spacial score (nSPS) is 10.1. The van der Waals surface area contributed by atoms with Crippen molar-refractivity contribution in [3.05, 3.63) is 53.9 Å². The zero-order valence-corrected chi connectivity index (χ0v) is 11.4. The molecule has 1 N–H and O–H groups in total. The Hall–Kier alpha value is -2.56. The molecule has 1 aromatic carbocycles. The topological polar surface area (TPSA) is 62.7 Å². The highest BCUT2D eigenvalue weighted by Crippen LogP contribution is 2.21. The summed E-state index contributed by atoms with van der Waals surface area (Å²) in [5.74, 6) is -0.180. The molecule has 0 aliphatic rings. The largest absolute Gasteiger partial charge is 0.497 e. The fourth-order valence-electron chi connectivity index (χ4n) is 2.00. The van der Waals surface area contributed by atoms with E-state index in [1.807, 2.05) is 36.2 Å². The summed E-state index contributed by atoms with van der Waals surface area (Å²) in [5, 5.41) is 9.19. The maximum absolute atomic E-state index is 11.2. The van der Waals surface area contributed by atoms with Gasteiger partial charge in [0.15, 0.2) is 0 Å². The Balaban J connectivity index is 2.23. The van der Waals surface area contributed by atoms with E-state index in [-0.39, 0.29) is 5.56 Å². The summed E-state index contributed by atoms with van der Waals surface area (Å²) in [5.41, 5.74) is 1.86. The van der Waals surface area contributed by atoms with E-state index in [0.717, 1.165) is 11.3 Å². The van der Waals surface area contributed by atoms with Gasteiger partial charge in [-0.3, -0.25) is 4.98 Å². The lowest BCUT2D eigenvalue weighted by Gasteiger charge is -2.21. The molecule has 0 radical (unpaired) electrons. The van der Waals surface area contributed by atoms with Crippen LogP contribution in [0.3, 0.4) is 0 Å². The molecule has 0 bridgehead atoms. The smallest absolute Gasteiger partial charge is 0.337 e. The highest BCUT2D eigenvalue weighted by molar-refractivity contribution is 5.94. The van der Waals surface area contributed by atoms with Crippen molar-refractivity contribution in [1.29, 1.82) is 0 Å². The van der Waals surface area contributed by atoms with Gasteiger partial charge in [-0.2, -0.15) is 0 Å². The Labute approximate surface area is 117 Å². The molecule has 0 saturated carbocycles. The van der Waals surface area contributed by atoms with Crippen LogP contribution in [-0.4, -0.2) is 30.2 Å². The van der Waals surface area contributed by atoms with E-state index in [1.165, 1.54) is 12.3 Å². The molecular formula is C15H16N2O3. The summed E-state index contributed by atoms with van der Waals surface area (Å²) in [6.45, 7) is 0.573. The average Bonchev–Trinajstić information content (AvgIpc) is 2.47. The van der Waals surface area contributed by atoms with Crippen LogP contribution in [0.5, 0.6) is 5.75 Å². The first kappa shape index (κ1) is 13.9. The number of nitrogens with zero attached hydrogens (tertiary/aromatic N) is 2. The second kappa shape index (κ2) is 6.06. The number of aromatic nitrogens is 1. The van der Waals surface area contributed by atoms with Crippen LogP contribution in [-0.2, 0) is 6.54 Å². The second-order valence-electron chi connectivity index (χ2n) is 4.41. The van der Waals surface area contributed by atoms with Crippen LogP contribution in [0, 0.1) is 0 Å². The van der Waals surface area contributed by atoms with Crippen LogP contribution in [0.15, 0.2) is 42.7 Å². The molecule has 1 aromatic heterocycles. The predicted molar refractivity (Wildman–Crippen MR) is 76.3 cm³/mol. The molecule has 5 heteroatoms. The quantitative estimate of drug-likeness (QED) is 0.905. The molecule has 0 amide bonds. The van der Waals surface area contributed by atoms with Gasteiger partial charge in [0.2, 0.25) is 0 Å². The monoisotopic (exact) mass is 272 g/mol. The third-order valence-corrected chi connectivity index (χ3v) is 3.00. The molecule has 1 heterocycles. The molecule has 5 nitrogen and oxygen atoms in total. The Morgan fingerprint density at radius 2 is 2.20 bits per heavy atom. The lowest BCUT2D eigenvalue weighted by atomic mass is 10.1. The number of rotatable bonds is 5. The maximum Gasteiger partial charge on any atom is 0.337 e. The predicted octanol–water partition coefficient (Wildman–Crippen LogP) is 2.42. The summed E-state index contributed by atoms with van der Waals surface area (Å²) in [6, 6.07) is 9.17. The Kier molecular flexibility index (Phi) is 4.20. The number of carboxylic acid groups (broad SMARTS) is 1. The summed E-state index contributed by atoms with van der Waals surface area (Å²) in [7, 11) is 3.45. The van der Waals surface area contributed by atoms with E-state index in [9.17, 15) is 9.90 Å². The number of carboxylic acids is 1. The van der Waals surface area contributed by atoms with Gasteiger partial charge < -0.3 is 14.7 Å². The third kappa shape index (κ3) is 3.06. The van der Waals surface area contributed by atoms with E-state index in [1.54, 1.807) is 13.3 Å². The van der Waals surface area contributed by atoms with Gasteiger partial charge in [-0.15, -0.1) is 0 Å². The average molecular weight is 272 g/mol. The van der Waals surface area contributed by atoms with Crippen LogP contribution in [0.1, 0.15) is 15.9 Å². The first-order valence-electron chi connectivity index (χ1n) is 6.13. The number of ether oxygens (including phenoxy) is 1. The molecule has 0 saturated heterocycles. The first-order chi connectivity index (χ1) is 9.61. The number of benzene rings is 1. The minimum absolute atomic E-state index is 0.241. The van der Waals surface area contributed by atoms with Crippen LogP contribution >= 0.6 is 0 Å². The van der Waals surface area contributed by atoms with Crippen molar-refractivity contribution < 1.29 is 14.6 Å². The van der Waals surface area contributed by atoms with Crippen LogP contribution in [0.4, 0.5) is 5.69 Å². The number of anilines is 1. The summed E-state index contributed by atoms with van der Waals surface area (Å²) < 4.78 is 5.18. The zero-order valence-electron chi connectivity index (χ0n) is 11.4. The number of hydrogen-bond donors (Lipinski definition) is 1. The SMILES string of the molecule is COc1cccc(CN(C)c2cnccc2C(=O)O)c1. The molecule has 0 aliphatic heterocycles. The Bertz CT molecular complexity index is 614. The zero-order chi connectivity index (χ0) is 14.5. The number of carbonyl (C=O) groups is 1. The summed E-state index contributed by atoms with van der Waals surface area (Å²) in [6.07, 6.45) is 3.04. The molecule has 2 aromatic rings. The third-order valence-electron chi connectivity index (χ3n) is 3.00. The number of pyridine rings is 1. The molecule has 0 unspecified atom stereocenters. The highest BCUT2D eigenvalue weighted by Gasteiger charge is 2.13. The molecule has 2 rings (SSSR count). The van der Waals surface area contributed by atoms with Gasteiger partial charge in [0, 0.05) is 19.8 Å². The van der Waals surface area contributed by atoms with Crippen molar-refractivity contribution in [3.8, 4) is 5.75 Å². The van der Waals surface area contributed by atoms with Crippen molar-refractivity contribution in [2.75, 3.05) is 19.1 Å². The molecule has 104 valence electrons. The van der Waals surface area contributed by atoms with Gasteiger partial charge in [-0.05, 0) is 23.8 Å². The Morgan fingerprint density at radius 1 is 1.40 bits per heavy atom. The van der Waals surface area contributed by atoms with E-state index in [2.05, 4.69) is 4.98 Å². The van der Waals surface area contributed by atoms with E-state index < -0.39 is 5.97 Å². The van der Waals surface area contributed by atoms with Crippen LogP contribution < -0.4 is 9.64 Å². The van der Waals surface area contributed by atoms with Gasteiger partial charge >= 0.3 is 5.97 Å². The fourth-order valence-corrected chi connectivity index (χ4v) is 2.00. The summed E-state index contributed by atoms with van der Waals surface area (Å²) >= 11 is 0. The minimum atomic E-state index is -0.958. The molecular weight excluding hydrogens is 256 g/mol. The van der Waals surface area contributed by atoms with Crippen molar-refractivity contribution in [2.45, 2.75) is 6.54 Å². The van der Waals surface area contributed by atoms with Crippen molar-refractivity contribution in [1.82, 2.24) is 4.98 Å². The maximum atomic E-state index is 11.2. The van der Waals surface area contributed by atoms with Gasteiger partial charge in [0.25, 0.3) is 0 Å². The fraction of sp³-hybridized carbons (Fsp3) is 0.200. The number of aromatic carboxylic acids is 1. The molecule has 0 spiro atoms. The first-order valence-corrected chi connectivity index (χ1v) is 6.13. The van der Waals surface area contributed by atoms with Gasteiger partial charge in [0.05, 0.1) is 24.6 Å². The van der Waals surface area contributed by atoms with Gasteiger partial charge in [0.1, 0.15) is 5.75 Å². The van der Waals surface area contributed by atoms with Crippen molar-refractivity contribution in [3.63, 3.8) is 0 Å². The number of hydrogen-bond acceptors (Lipinski definition) is 4. The Morgan fingerprint density at radius 3 is 2.90 bits per heavy atom. The lowest BCUT2D eigenvalue weighted by molar-refractivity contribution is 0.0697.